The molecule has 1 aromatic carbocycles. The zero-order chi connectivity index (χ0) is 35.1. The van der Waals surface area contributed by atoms with Crippen LogP contribution in [0, 0.1) is 5.92 Å². The van der Waals surface area contributed by atoms with Crippen LogP contribution >= 0.6 is 0 Å². The molecule has 0 aromatic heterocycles. The van der Waals surface area contributed by atoms with Gasteiger partial charge in [0, 0.05) is 26.3 Å². The van der Waals surface area contributed by atoms with Crippen molar-refractivity contribution in [3.05, 3.63) is 42.0 Å². The van der Waals surface area contributed by atoms with E-state index in [0.717, 1.165) is 44.1 Å². The summed E-state index contributed by atoms with van der Waals surface area (Å²) in [6.45, 7) is 6.49. The van der Waals surface area contributed by atoms with Crippen molar-refractivity contribution in [1.82, 2.24) is 10.6 Å². The first-order valence-electron chi connectivity index (χ1n) is 17.7. The second-order valence-corrected chi connectivity index (χ2v) is 12.6. The lowest BCUT2D eigenvalue weighted by molar-refractivity contribution is -0.167. The second kappa shape index (κ2) is 23.3. The van der Waals surface area contributed by atoms with Gasteiger partial charge in [0.25, 0.3) is 0 Å². The maximum atomic E-state index is 14.2. The third-order valence-corrected chi connectivity index (χ3v) is 8.45. The molecule has 4 N–H and O–H groups in total. The number of amides is 2. The predicted molar refractivity (Wildman–Crippen MR) is 183 cm³/mol. The van der Waals surface area contributed by atoms with E-state index < -0.39 is 41.3 Å². The first kappa shape index (κ1) is 42.0. The molecule has 0 saturated heterocycles. The molecule has 268 valence electrons. The van der Waals surface area contributed by atoms with Gasteiger partial charge in [0.05, 0.1) is 12.5 Å². The van der Waals surface area contributed by atoms with E-state index in [2.05, 4.69) is 24.5 Å². The summed E-state index contributed by atoms with van der Waals surface area (Å²) in [5, 5.41) is 26.4. The normalized spacial score (nSPS) is 14.4. The molecule has 1 rings (SSSR count). The maximum Gasteiger partial charge on any atom is 0.336 e. The average Bonchev–Trinajstić information content (AvgIpc) is 3.04. The molecule has 0 aliphatic carbocycles. The molecule has 0 fully saturated rings. The van der Waals surface area contributed by atoms with Gasteiger partial charge in [-0.15, -0.1) is 0 Å². The summed E-state index contributed by atoms with van der Waals surface area (Å²) in [5.74, 6) is -6.13. The number of carboxylic acid groups (broad SMARTS) is 1. The number of alkyl halides is 2. The minimum absolute atomic E-state index is 0.0612. The molecular weight excluding hydrogens is 606 g/mol. The number of likely N-dealkylation sites (N-methyl/N-ethyl adjacent to an activating group) is 1. The Kier molecular flexibility index (Phi) is 20.9. The fourth-order valence-corrected chi connectivity index (χ4v) is 5.52. The summed E-state index contributed by atoms with van der Waals surface area (Å²) in [7, 11) is 1.45. The SMILES string of the molecule is CCCCCCCC(F)(F)CCCCCC/C=C/[C@H](C(=O)N[C@@H](Cc1ccc(OCCCC)cc1)C(=O)NC)[C@@](O)(CCC)C(=O)O. The fourth-order valence-electron chi connectivity index (χ4n) is 5.52. The third kappa shape index (κ3) is 16.6. The molecule has 0 radical (unpaired) electrons. The number of nitrogens with one attached hydrogen (secondary N) is 2. The number of hydrogen-bond acceptors (Lipinski definition) is 5. The van der Waals surface area contributed by atoms with Crippen LogP contribution in [0.25, 0.3) is 0 Å². The number of allylic oxidation sites excluding steroid dienone is 1. The molecule has 2 amide bonds. The molecule has 0 unspecified atom stereocenters. The Morgan fingerprint density at radius 2 is 1.43 bits per heavy atom. The summed E-state index contributed by atoms with van der Waals surface area (Å²) in [4.78, 5) is 38.6. The number of hydrogen-bond donors (Lipinski definition) is 4. The molecule has 0 heterocycles. The van der Waals surface area contributed by atoms with E-state index in [4.69, 9.17) is 4.74 Å². The summed E-state index contributed by atoms with van der Waals surface area (Å²) in [6, 6.07) is 6.20. The number of unbranched alkanes of at least 4 members (excludes halogenated alkanes) is 9. The van der Waals surface area contributed by atoms with Crippen LogP contribution in [0.1, 0.15) is 129 Å². The van der Waals surface area contributed by atoms with Gasteiger partial charge in [0.2, 0.25) is 17.7 Å². The number of carbonyl (C=O) groups is 3. The Morgan fingerprint density at radius 1 is 0.830 bits per heavy atom. The number of aliphatic hydroxyl groups is 1. The van der Waals surface area contributed by atoms with Crippen molar-refractivity contribution in [2.24, 2.45) is 5.92 Å². The molecule has 0 aliphatic heterocycles. The van der Waals surface area contributed by atoms with E-state index in [1.807, 2.05) is 0 Å². The molecule has 0 bridgehead atoms. The maximum absolute atomic E-state index is 14.2. The van der Waals surface area contributed by atoms with E-state index >= 15 is 0 Å². The van der Waals surface area contributed by atoms with E-state index in [-0.39, 0.29) is 25.7 Å². The van der Waals surface area contributed by atoms with E-state index in [0.29, 0.717) is 57.3 Å². The van der Waals surface area contributed by atoms with Gasteiger partial charge in [-0.2, -0.15) is 0 Å². The Bertz CT molecular complexity index is 1070. The van der Waals surface area contributed by atoms with Gasteiger partial charge in [-0.25, -0.2) is 13.6 Å². The Balaban J connectivity index is 2.83. The number of ether oxygens (including phenoxy) is 1. The lowest BCUT2D eigenvalue weighted by atomic mass is 9.82. The van der Waals surface area contributed by atoms with Crippen LogP contribution in [0.4, 0.5) is 8.78 Å². The zero-order valence-electron chi connectivity index (χ0n) is 29.1. The Labute approximate surface area is 281 Å². The smallest absolute Gasteiger partial charge is 0.336 e. The van der Waals surface area contributed by atoms with Crippen LogP contribution in [0.15, 0.2) is 36.4 Å². The van der Waals surface area contributed by atoms with Crippen LogP contribution in [0.5, 0.6) is 5.75 Å². The van der Waals surface area contributed by atoms with Crippen molar-refractivity contribution in [3.63, 3.8) is 0 Å². The highest BCUT2D eigenvalue weighted by Gasteiger charge is 2.46. The molecule has 10 heteroatoms. The first-order chi connectivity index (χ1) is 22.4. The number of carboxylic acids is 1. The van der Waals surface area contributed by atoms with Gasteiger partial charge in [-0.1, -0.05) is 96.4 Å². The first-order valence-corrected chi connectivity index (χ1v) is 17.7. The zero-order valence-corrected chi connectivity index (χ0v) is 29.1. The largest absolute Gasteiger partial charge is 0.494 e. The van der Waals surface area contributed by atoms with Crippen LogP contribution in [-0.4, -0.2) is 59.2 Å². The van der Waals surface area contributed by atoms with Gasteiger partial charge in [-0.05, 0) is 56.2 Å². The molecule has 47 heavy (non-hydrogen) atoms. The van der Waals surface area contributed by atoms with Crippen molar-refractivity contribution < 1.29 is 38.1 Å². The molecule has 1 aromatic rings. The van der Waals surface area contributed by atoms with Crippen LogP contribution in [0.3, 0.4) is 0 Å². The molecule has 0 saturated carbocycles. The summed E-state index contributed by atoms with van der Waals surface area (Å²) in [6.07, 6.45) is 12.7. The third-order valence-electron chi connectivity index (χ3n) is 8.45. The highest BCUT2D eigenvalue weighted by Crippen LogP contribution is 2.29. The molecule has 0 aliphatic rings. The number of benzene rings is 1. The van der Waals surface area contributed by atoms with Gasteiger partial charge in [0.1, 0.15) is 11.8 Å². The van der Waals surface area contributed by atoms with Gasteiger partial charge < -0.3 is 25.6 Å². The van der Waals surface area contributed by atoms with Crippen molar-refractivity contribution in [3.8, 4) is 5.75 Å². The van der Waals surface area contributed by atoms with Crippen LogP contribution < -0.4 is 15.4 Å². The predicted octanol–water partition coefficient (Wildman–Crippen LogP) is 7.76. The summed E-state index contributed by atoms with van der Waals surface area (Å²) >= 11 is 0. The second-order valence-electron chi connectivity index (χ2n) is 12.6. The molecular formula is C37H60F2N2O6. The molecule has 0 spiro atoms. The number of aliphatic carboxylic acids is 1. The lowest BCUT2D eigenvalue weighted by Gasteiger charge is -2.31. The minimum Gasteiger partial charge on any atom is -0.494 e. The average molecular weight is 667 g/mol. The number of rotatable bonds is 27. The van der Waals surface area contributed by atoms with Crippen LogP contribution in [-0.2, 0) is 20.8 Å². The van der Waals surface area contributed by atoms with Gasteiger partial charge >= 0.3 is 5.97 Å². The number of carbonyl (C=O) groups excluding carboxylic acids is 2. The minimum atomic E-state index is -2.63. The standard InChI is InChI=1S/C37H60F2N2O6/c1-5-8-10-14-17-25-36(38,39)26-18-15-12-11-13-16-19-31(37(46,24-7-3)35(44)45)33(42)41-32(34(43)40-4)28-29-20-22-30(23-21-29)47-27-9-6-2/h16,19-23,31-32,46H,5-15,17-18,24-28H2,1-4H3,(H,40,43)(H,41,42)(H,44,45)/b19-16+/t31-,32+,37+/m1/s1. The highest BCUT2D eigenvalue weighted by molar-refractivity contribution is 5.93. The van der Waals surface area contributed by atoms with Gasteiger partial charge in [-0.3, -0.25) is 9.59 Å². The quantitative estimate of drug-likeness (QED) is 0.0562. The Hall–Kier alpha value is -3.01. The summed E-state index contributed by atoms with van der Waals surface area (Å²) < 4.78 is 34.0. The van der Waals surface area contributed by atoms with Gasteiger partial charge in [0.15, 0.2) is 5.60 Å². The van der Waals surface area contributed by atoms with Crippen molar-refractivity contribution >= 4 is 17.8 Å². The molecule has 3 atom stereocenters. The van der Waals surface area contributed by atoms with Crippen molar-refractivity contribution in [2.45, 2.75) is 147 Å². The van der Waals surface area contributed by atoms with E-state index in [9.17, 15) is 33.4 Å². The van der Waals surface area contributed by atoms with E-state index in [1.165, 1.54) is 13.1 Å². The molecule has 8 nitrogen and oxygen atoms in total. The highest BCUT2D eigenvalue weighted by atomic mass is 19.3. The van der Waals surface area contributed by atoms with Crippen molar-refractivity contribution in [2.75, 3.05) is 13.7 Å². The van der Waals surface area contributed by atoms with E-state index in [1.54, 1.807) is 37.3 Å². The lowest BCUT2D eigenvalue weighted by Crippen LogP contribution is -2.55. The van der Waals surface area contributed by atoms with Crippen molar-refractivity contribution in [1.29, 1.82) is 0 Å². The topological polar surface area (TPSA) is 125 Å². The summed E-state index contributed by atoms with van der Waals surface area (Å²) in [5.41, 5.74) is -1.61. The number of halogens is 2. The monoisotopic (exact) mass is 666 g/mol. The Morgan fingerprint density at radius 3 is 1.98 bits per heavy atom. The fraction of sp³-hybridized carbons (Fsp3) is 0.703. The van der Waals surface area contributed by atoms with Crippen LogP contribution in [0.2, 0.25) is 0 Å².